The minimum atomic E-state index is -0.761. The number of rotatable bonds is 6. The standard InChI is InChI=1S/C33H26O10/c1-39-18-7-4-16(5-8-18)27-15-25(38)32-23(36)13-22(35)30(33(32)43-27)20-10-17(6-9-26(20)41-3)28-14-24(37)31-21(34)11-19(40-2)12-29(31)42-28/h4-13,15,28,34-36H,14H2,1-3H3/t28-/m1/s1. The zero-order chi connectivity index (χ0) is 30.4. The van der Waals surface area contributed by atoms with Gasteiger partial charge in [-0.3, -0.25) is 9.59 Å². The lowest BCUT2D eigenvalue weighted by atomic mass is 9.92. The van der Waals surface area contributed by atoms with Crippen molar-refractivity contribution in [2.75, 3.05) is 21.3 Å². The number of aromatic hydroxyl groups is 3. The Morgan fingerprint density at radius 1 is 0.744 bits per heavy atom. The van der Waals surface area contributed by atoms with Crippen LogP contribution in [0.1, 0.15) is 28.4 Å². The van der Waals surface area contributed by atoms with Crippen LogP contribution in [0.2, 0.25) is 0 Å². The average molecular weight is 583 g/mol. The molecule has 4 aromatic carbocycles. The lowest BCUT2D eigenvalue weighted by Gasteiger charge is -2.27. The van der Waals surface area contributed by atoms with Gasteiger partial charge in [-0.05, 0) is 42.0 Å². The van der Waals surface area contributed by atoms with Crippen molar-refractivity contribution in [3.8, 4) is 62.7 Å². The van der Waals surface area contributed by atoms with E-state index in [1.165, 1.54) is 39.5 Å². The van der Waals surface area contributed by atoms with Crippen LogP contribution in [-0.4, -0.2) is 42.4 Å². The molecular formula is C33H26O10. The van der Waals surface area contributed by atoms with Crippen LogP contribution < -0.4 is 24.4 Å². The number of fused-ring (bicyclic) bond motifs is 2. The first kappa shape index (κ1) is 27.5. The van der Waals surface area contributed by atoms with E-state index in [1.54, 1.807) is 42.5 Å². The van der Waals surface area contributed by atoms with Crippen LogP contribution in [0.5, 0.6) is 40.2 Å². The minimum Gasteiger partial charge on any atom is -0.507 e. The fourth-order valence-electron chi connectivity index (χ4n) is 5.30. The zero-order valence-corrected chi connectivity index (χ0v) is 23.3. The number of methoxy groups -OCH3 is 3. The second-order valence-electron chi connectivity index (χ2n) is 9.91. The Labute approximate surface area is 244 Å². The molecule has 0 aliphatic carbocycles. The van der Waals surface area contributed by atoms with Gasteiger partial charge in [0.1, 0.15) is 63.1 Å². The van der Waals surface area contributed by atoms with Gasteiger partial charge >= 0.3 is 0 Å². The second-order valence-corrected chi connectivity index (χ2v) is 9.91. The van der Waals surface area contributed by atoms with E-state index >= 15 is 0 Å². The van der Waals surface area contributed by atoms with Crippen LogP contribution >= 0.6 is 0 Å². The predicted molar refractivity (Wildman–Crippen MR) is 157 cm³/mol. The second kappa shape index (κ2) is 10.6. The van der Waals surface area contributed by atoms with Gasteiger partial charge in [-0.15, -0.1) is 0 Å². The van der Waals surface area contributed by atoms with Gasteiger partial charge in [0.25, 0.3) is 0 Å². The van der Waals surface area contributed by atoms with E-state index < -0.39 is 17.3 Å². The van der Waals surface area contributed by atoms with Gasteiger partial charge < -0.3 is 38.7 Å². The highest BCUT2D eigenvalue weighted by Gasteiger charge is 2.32. The monoisotopic (exact) mass is 582 g/mol. The van der Waals surface area contributed by atoms with E-state index in [0.29, 0.717) is 33.9 Å². The summed E-state index contributed by atoms with van der Waals surface area (Å²) in [5, 5.41) is 32.0. The van der Waals surface area contributed by atoms with Crippen LogP contribution in [0.4, 0.5) is 0 Å². The highest BCUT2D eigenvalue weighted by molar-refractivity contribution is 6.03. The third-order valence-electron chi connectivity index (χ3n) is 7.41. The maximum atomic E-state index is 13.3. The molecule has 10 nitrogen and oxygen atoms in total. The summed E-state index contributed by atoms with van der Waals surface area (Å²) in [5.74, 6) is 0.256. The first-order valence-electron chi connectivity index (χ1n) is 13.2. The Bertz CT molecular complexity index is 1960. The highest BCUT2D eigenvalue weighted by atomic mass is 16.5. The molecule has 0 amide bonds. The van der Waals surface area contributed by atoms with E-state index in [1.807, 2.05) is 0 Å². The number of Topliss-reactive ketones (excluding diaryl/α,β-unsaturated/α-hetero) is 1. The van der Waals surface area contributed by atoms with E-state index in [2.05, 4.69) is 0 Å². The number of hydrogen-bond donors (Lipinski definition) is 3. The summed E-state index contributed by atoms with van der Waals surface area (Å²) in [6.45, 7) is 0. The SMILES string of the molecule is COc1ccc(-c2cc(=O)c3c(O)cc(O)c(-c4cc([C@H]5CC(=O)c6c(O)cc(OC)cc6O5)ccc4OC)c3o2)cc1. The summed E-state index contributed by atoms with van der Waals surface area (Å²) in [6, 6.07) is 17.1. The van der Waals surface area contributed by atoms with Crippen molar-refractivity contribution in [2.24, 2.45) is 0 Å². The number of hydrogen-bond acceptors (Lipinski definition) is 10. The van der Waals surface area contributed by atoms with Crippen molar-refractivity contribution < 1.29 is 43.5 Å². The highest BCUT2D eigenvalue weighted by Crippen LogP contribution is 2.47. The summed E-state index contributed by atoms with van der Waals surface area (Å²) in [5.41, 5.74) is 1.03. The van der Waals surface area contributed by atoms with Crippen molar-refractivity contribution >= 4 is 16.8 Å². The van der Waals surface area contributed by atoms with Gasteiger partial charge in [-0.1, -0.05) is 6.07 Å². The first-order valence-corrected chi connectivity index (χ1v) is 13.2. The lowest BCUT2D eigenvalue weighted by Crippen LogP contribution is -2.20. The largest absolute Gasteiger partial charge is 0.507 e. The van der Waals surface area contributed by atoms with Crippen molar-refractivity contribution in [1.29, 1.82) is 0 Å². The molecule has 0 saturated heterocycles. The summed E-state index contributed by atoms with van der Waals surface area (Å²) in [6.07, 6.45) is -0.832. The van der Waals surface area contributed by atoms with Crippen molar-refractivity contribution in [3.63, 3.8) is 0 Å². The van der Waals surface area contributed by atoms with Crippen molar-refractivity contribution in [2.45, 2.75) is 12.5 Å². The predicted octanol–water partition coefficient (Wildman–Crippen LogP) is 5.98. The van der Waals surface area contributed by atoms with Crippen LogP contribution in [0.3, 0.4) is 0 Å². The molecule has 0 bridgehead atoms. The van der Waals surface area contributed by atoms with Gasteiger partial charge in [0, 0.05) is 35.4 Å². The Balaban J connectivity index is 1.52. The Morgan fingerprint density at radius 2 is 1.47 bits per heavy atom. The summed E-state index contributed by atoms with van der Waals surface area (Å²) >= 11 is 0. The number of carbonyl (C=O) groups is 1. The summed E-state index contributed by atoms with van der Waals surface area (Å²) < 4.78 is 28.4. The Hall–Kier alpha value is -5.64. The van der Waals surface area contributed by atoms with Gasteiger partial charge in [0.2, 0.25) is 0 Å². The van der Waals surface area contributed by atoms with Crippen LogP contribution in [0.15, 0.2) is 75.9 Å². The van der Waals surface area contributed by atoms with Gasteiger partial charge in [-0.25, -0.2) is 0 Å². The molecule has 1 aromatic heterocycles. The molecule has 0 saturated carbocycles. The van der Waals surface area contributed by atoms with Gasteiger partial charge in [0.15, 0.2) is 16.8 Å². The number of benzene rings is 4. The molecular weight excluding hydrogens is 556 g/mol. The van der Waals surface area contributed by atoms with Crippen LogP contribution in [0.25, 0.3) is 33.4 Å². The fourth-order valence-corrected chi connectivity index (χ4v) is 5.30. The molecule has 0 unspecified atom stereocenters. The molecule has 1 aliphatic rings. The average Bonchev–Trinajstić information content (AvgIpc) is 3.00. The first-order chi connectivity index (χ1) is 20.7. The number of carbonyl (C=O) groups excluding carboxylic acids is 1. The molecule has 43 heavy (non-hydrogen) atoms. The zero-order valence-electron chi connectivity index (χ0n) is 23.3. The summed E-state index contributed by atoms with van der Waals surface area (Å²) in [4.78, 5) is 26.3. The molecule has 10 heteroatoms. The van der Waals surface area contributed by atoms with Crippen LogP contribution in [0, 0.1) is 0 Å². The van der Waals surface area contributed by atoms with E-state index in [-0.39, 0.29) is 57.3 Å². The van der Waals surface area contributed by atoms with Crippen molar-refractivity contribution in [3.05, 3.63) is 88.1 Å². The smallest absolute Gasteiger partial charge is 0.197 e. The molecule has 0 radical (unpaired) electrons. The summed E-state index contributed by atoms with van der Waals surface area (Å²) in [7, 11) is 4.42. The maximum Gasteiger partial charge on any atom is 0.197 e. The molecule has 2 heterocycles. The van der Waals surface area contributed by atoms with Crippen LogP contribution in [-0.2, 0) is 0 Å². The molecule has 5 aromatic rings. The van der Waals surface area contributed by atoms with E-state index in [4.69, 9.17) is 23.4 Å². The normalized spacial score (nSPS) is 14.2. The number of phenolic OH excluding ortho intramolecular Hbond substituents is 3. The third-order valence-corrected chi connectivity index (χ3v) is 7.41. The molecule has 1 aliphatic heterocycles. The number of ether oxygens (including phenoxy) is 4. The van der Waals surface area contributed by atoms with E-state index in [9.17, 15) is 24.9 Å². The van der Waals surface area contributed by atoms with Crippen molar-refractivity contribution in [1.82, 2.24) is 0 Å². The topological polar surface area (TPSA) is 145 Å². The molecule has 1 atom stereocenters. The Morgan fingerprint density at radius 3 is 2.16 bits per heavy atom. The quantitative estimate of drug-likeness (QED) is 0.219. The number of ketones is 1. The number of phenols is 3. The van der Waals surface area contributed by atoms with Gasteiger partial charge in [0.05, 0.1) is 33.3 Å². The molecule has 218 valence electrons. The molecule has 3 N–H and O–H groups in total. The Kier molecular flexibility index (Phi) is 6.81. The molecule has 0 spiro atoms. The fraction of sp³-hybridized carbons (Fsp3) is 0.152. The maximum absolute atomic E-state index is 13.3. The lowest BCUT2D eigenvalue weighted by molar-refractivity contribution is 0.0844. The molecule has 6 rings (SSSR count). The molecule has 0 fully saturated rings. The van der Waals surface area contributed by atoms with Gasteiger partial charge in [-0.2, -0.15) is 0 Å². The van der Waals surface area contributed by atoms with E-state index in [0.717, 1.165) is 6.07 Å². The minimum absolute atomic E-state index is 0.0630. The third kappa shape index (κ3) is 4.72.